The summed E-state index contributed by atoms with van der Waals surface area (Å²) in [6.07, 6.45) is 9.80. The zero-order valence-electron chi connectivity index (χ0n) is 14.9. The van der Waals surface area contributed by atoms with E-state index in [-0.39, 0.29) is 17.5 Å². The van der Waals surface area contributed by atoms with Crippen LogP contribution in [-0.4, -0.2) is 42.0 Å². The van der Waals surface area contributed by atoms with Gasteiger partial charge >= 0.3 is 6.03 Å². The Morgan fingerprint density at radius 2 is 1.71 bits per heavy atom. The minimum atomic E-state index is -0.271. The van der Waals surface area contributed by atoms with Gasteiger partial charge in [-0.2, -0.15) is 0 Å². The highest BCUT2D eigenvalue weighted by Crippen LogP contribution is 2.55. The molecule has 5 aliphatic rings. The quantitative estimate of drug-likeness (QED) is 0.834. The van der Waals surface area contributed by atoms with E-state index in [0.29, 0.717) is 12.5 Å². The lowest BCUT2D eigenvalue weighted by molar-refractivity contribution is -0.121. The van der Waals surface area contributed by atoms with E-state index >= 15 is 0 Å². The van der Waals surface area contributed by atoms with E-state index in [1.54, 1.807) is 0 Å². The number of rotatable bonds is 3. The summed E-state index contributed by atoms with van der Waals surface area (Å²) in [6.45, 7) is 4.50. The van der Waals surface area contributed by atoms with Gasteiger partial charge in [-0.1, -0.05) is 6.92 Å². The van der Waals surface area contributed by atoms with Crippen molar-refractivity contribution in [1.29, 1.82) is 0 Å². The van der Waals surface area contributed by atoms with Crippen molar-refractivity contribution in [3.05, 3.63) is 0 Å². The van der Waals surface area contributed by atoms with Gasteiger partial charge in [0.1, 0.15) is 0 Å². The lowest BCUT2D eigenvalue weighted by Gasteiger charge is -2.56. The Balaban J connectivity index is 1.28. The number of imide groups is 1. The fourth-order valence-electron chi connectivity index (χ4n) is 6.34. The van der Waals surface area contributed by atoms with Crippen LogP contribution in [0.3, 0.4) is 0 Å². The third-order valence-corrected chi connectivity index (χ3v) is 6.78. The van der Waals surface area contributed by atoms with Crippen LogP contribution >= 0.6 is 0 Å². The van der Waals surface area contributed by atoms with Gasteiger partial charge in [0.15, 0.2) is 0 Å². The van der Waals surface area contributed by atoms with E-state index in [9.17, 15) is 9.59 Å². The molecule has 134 valence electrons. The number of piperidine rings is 1. The molecule has 5 fully saturated rings. The second-order valence-electron chi connectivity index (χ2n) is 9.18. The number of carbonyl (C=O) groups is 2. The van der Waals surface area contributed by atoms with Gasteiger partial charge in [-0.25, -0.2) is 4.79 Å². The van der Waals surface area contributed by atoms with Gasteiger partial charge in [0.05, 0.1) is 6.54 Å². The predicted octanol–water partition coefficient (Wildman–Crippen LogP) is 2.51. The number of carbonyl (C=O) groups excluding carboxylic acids is 2. The number of nitrogens with one attached hydrogen (secondary N) is 2. The normalized spacial score (nSPS) is 41.2. The number of hydrogen-bond donors (Lipinski definition) is 2. The van der Waals surface area contributed by atoms with Gasteiger partial charge < -0.3 is 5.32 Å². The maximum absolute atomic E-state index is 12.4. The van der Waals surface area contributed by atoms with Gasteiger partial charge in [-0.3, -0.25) is 15.0 Å². The van der Waals surface area contributed by atoms with E-state index in [0.717, 1.165) is 56.5 Å². The van der Waals surface area contributed by atoms with Crippen LogP contribution in [0.15, 0.2) is 0 Å². The second kappa shape index (κ2) is 6.32. The van der Waals surface area contributed by atoms with Crippen LogP contribution in [0.5, 0.6) is 0 Å². The molecule has 4 saturated carbocycles. The summed E-state index contributed by atoms with van der Waals surface area (Å²) in [5.41, 5.74) is -0.0290. The second-order valence-corrected chi connectivity index (χ2v) is 9.18. The van der Waals surface area contributed by atoms with E-state index in [1.165, 1.54) is 25.7 Å². The molecule has 0 aromatic heterocycles. The number of likely N-dealkylation sites (tertiary alicyclic amines) is 1. The molecule has 0 radical (unpaired) electrons. The van der Waals surface area contributed by atoms with Crippen molar-refractivity contribution < 1.29 is 9.59 Å². The predicted molar refractivity (Wildman–Crippen MR) is 92.4 cm³/mol. The van der Waals surface area contributed by atoms with E-state index in [4.69, 9.17) is 0 Å². The Kier molecular flexibility index (Phi) is 4.31. The van der Waals surface area contributed by atoms with Crippen molar-refractivity contribution >= 4 is 11.9 Å². The van der Waals surface area contributed by atoms with Crippen LogP contribution in [-0.2, 0) is 4.79 Å². The van der Waals surface area contributed by atoms with Crippen molar-refractivity contribution in [2.45, 2.75) is 63.8 Å². The maximum atomic E-state index is 12.4. The summed E-state index contributed by atoms with van der Waals surface area (Å²) in [7, 11) is 0. The molecule has 5 heteroatoms. The number of urea groups is 1. The third kappa shape index (κ3) is 3.46. The summed E-state index contributed by atoms with van der Waals surface area (Å²) in [4.78, 5) is 26.8. The molecule has 5 rings (SSSR count). The molecule has 24 heavy (non-hydrogen) atoms. The molecule has 0 aromatic carbocycles. The summed E-state index contributed by atoms with van der Waals surface area (Å²) in [6, 6.07) is -0.271. The lowest BCUT2D eigenvalue weighted by atomic mass is 9.53. The average Bonchev–Trinajstić information content (AvgIpc) is 2.44. The van der Waals surface area contributed by atoms with E-state index in [2.05, 4.69) is 22.5 Å². The Hall–Kier alpha value is -1.10. The van der Waals surface area contributed by atoms with Crippen LogP contribution in [0.25, 0.3) is 0 Å². The summed E-state index contributed by atoms with van der Waals surface area (Å²) >= 11 is 0. The van der Waals surface area contributed by atoms with Gasteiger partial charge in [-0.15, -0.1) is 0 Å². The Labute approximate surface area is 144 Å². The number of hydrogen-bond acceptors (Lipinski definition) is 3. The van der Waals surface area contributed by atoms with E-state index < -0.39 is 0 Å². The first kappa shape index (κ1) is 16.4. The van der Waals surface area contributed by atoms with Gasteiger partial charge in [0.25, 0.3) is 0 Å². The fraction of sp³-hybridized carbons (Fsp3) is 0.895. The van der Waals surface area contributed by atoms with Crippen LogP contribution < -0.4 is 10.6 Å². The topological polar surface area (TPSA) is 61.4 Å². The van der Waals surface area contributed by atoms with Crippen molar-refractivity contribution in [3.8, 4) is 0 Å². The Morgan fingerprint density at radius 1 is 1.08 bits per heavy atom. The smallest absolute Gasteiger partial charge is 0.321 e. The van der Waals surface area contributed by atoms with Crippen LogP contribution in [0, 0.1) is 23.7 Å². The molecule has 0 aromatic rings. The van der Waals surface area contributed by atoms with Crippen molar-refractivity contribution in [2.24, 2.45) is 23.7 Å². The minimum Gasteiger partial charge on any atom is -0.332 e. The van der Waals surface area contributed by atoms with Crippen molar-refractivity contribution in [1.82, 2.24) is 15.5 Å². The SMILES string of the molecule is C[C@H]1CCCN(CC(=O)NC(=O)NC23CC4CC(CC(C4)C2)C3)C1. The molecule has 0 spiro atoms. The molecular formula is C19H31N3O2. The third-order valence-electron chi connectivity index (χ3n) is 6.78. The first-order valence-corrected chi connectivity index (χ1v) is 9.84. The fourth-order valence-corrected chi connectivity index (χ4v) is 6.34. The summed E-state index contributed by atoms with van der Waals surface area (Å²) < 4.78 is 0. The molecule has 0 unspecified atom stereocenters. The maximum Gasteiger partial charge on any atom is 0.321 e. The van der Waals surface area contributed by atoms with Gasteiger partial charge in [0.2, 0.25) is 5.91 Å². The number of nitrogens with zero attached hydrogens (tertiary/aromatic N) is 1. The highest BCUT2D eigenvalue weighted by Gasteiger charge is 2.51. The summed E-state index contributed by atoms with van der Waals surface area (Å²) in [5, 5.41) is 5.80. The molecule has 5 nitrogen and oxygen atoms in total. The molecule has 3 amide bonds. The number of amides is 3. The van der Waals surface area contributed by atoms with Crippen molar-refractivity contribution in [2.75, 3.05) is 19.6 Å². The van der Waals surface area contributed by atoms with Crippen molar-refractivity contribution in [3.63, 3.8) is 0 Å². The highest BCUT2D eigenvalue weighted by atomic mass is 16.2. The highest BCUT2D eigenvalue weighted by molar-refractivity contribution is 5.95. The summed E-state index contributed by atoms with van der Waals surface area (Å²) in [5.74, 6) is 2.87. The standard InChI is InChI=1S/C19H31N3O2/c1-13-3-2-4-22(11-13)12-17(23)20-18(24)21-19-8-14-5-15(9-19)7-16(6-14)10-19/h13-16H,2-12H2,1H3,(H2,20,21,23,24)/t13-,14?,15?,16?,19?/m0/s1. The molecule has 1 heterocycles. The first-order valence-electron chi connectivity index (χ1n) is 9.84. The monoisotopic (exact) mass is 333 g/mol. The minimum absolute atomic E-state index is 0.0290. The van der Waals surface area contributed by atoms with Crippen LogP contribution in [0.2, 0.25) is 0 Å². The molecule has 1 atom stereocenters. The van der Waals surface area contributed by atoms with E-state index in [1.807, 2.05) is 0 Å². The Bertz CT molecular complexity index is 483. The average molecular weight is 333 g/mol. The molecule has 4 aliphatic carbocycles. The van der Waals surface area contributed by atoms with Gasteiger partial charge in [0, 0.05) is 12.1 Å². The lowest BCUT2D eigenvalue weighted by Crippen LogP contribution is -2.62. The molecule has 4 bridgehead atoms. The largest absolute Gasteiger partial charge is 0.332 e. The Morgan fingerprint density at radius 3 is 2.29 bits per heavy atom. The molecular weight excluding hydrogens is 302 g/mol. The first-order chi connectivity index (χ1) is 11.5. The zero-order valence-corrected chi connectivity index (χ0v) is 14.9. The zero-order chi connectivity index (χ0) is 16.7. The van der Waals surface area contributed by atoms with Gasteiger partial charge in [-0.05, 0) is 81.6 Å². The van der Waals surface area contributed by atoms with Crippen LogP contribution in [0.4, 0.5) is 4.79 Å². The molecule has 1 aliphatic heterocycles. The van der Waals surface area contributed by atoms with Crippen LogP contribution in [0.1, 0.15) is 58.3 Å². The molecule has 2 N–H and O–H groups in total. The molecule has 1 saturated heterocycles.